The van der Waals surface area contributed by atoms with Crippen molar-refractivity contribution >= 4 is 28.5 Å². The fourth-order valence-corrected chi connectivity index (χ4v) is 3.22. The van der Waals surface area contributed by atoms with Gasteiger partial charge in [-0.2, -0.15) is 0 Å². The Morgan fingerprint density at radius 1 is 1.22 bits per heavy atom. The highest BCUT2D eigenvalue weighted by molar-refractivity contribution is 8.13. The second-order valence-corrected chi connectivity index (χ2v) is 6.12. The molecule has 3 heterocycles. The van der Waals surface area contributed by atoms with Gasteiger partial charge in [0, 0.05) is 18.5 Å². The Morgan fingerprint density at radius 3 is 2.78 bits per heavy atom. The van der Waals surface area contributed by atoms with Gasteiger partial charge in [-0.3, -0.25) is 15.1 Å². The van der Waals surface area contributed by atoms with Crippen molar-refractivity contribution in [2.45, 2.75) is 6.17 Å². The molecule has 0 bridgehead atoms. The second kappa shape index (κ2) is 5.27. The highest BCUT2D eigenvalue weighted by Gasteiger charge is 2.34. The van der Waals surface area contributed by atoms with Crippen LogP contribution in [-0.2, 0) is 11.8 Å². The molecule has 0 fully saturated rings. The van der Waals surface area contributed by atoms with Gasteiger partial charge in [-0.05, 0) is 24.5 Å². The molecular weight excluding hydrogens is 310 g/mol. The Morgan fingerprint density at radius 2 is 2.04 bits per heavy atom. The van der Waals surface area contributed by atoms with E-state index in [4.69, 9.17) is 4.99 Å². The number of rotatable bonds is 1. The fourth-order valence-electron chi connectivity index (χ4n) is 2.85. The summed E-state index contributed by atoms with van der Waals surface area (Å²) in [6, 6.07) is 11.6. The van der Waals surface area contributed by atoms with Gasteiger partial charge in [0.15, 0.2) is 11.3 Å². The lowest BCUT2D eigenvalue weighted by atomic mass is 10.1. The number of hydrazone groups is 1. The van der Waals surface area contributed by atoms with Gasteiger partial charge < -0.3 is 4.57 Å². The maximum Gasteiger partial charge on any atom is 0.276 e. The lowest BCUT2D eigenvalue weighted by Crippen LogP contribution is -2.50. The van der Waals surface area contributed by atoms with Crippen LogP contribution in [0.2, 0.25) is 0 Å². The van der Waals surface area contributed by atoms with Gasteiger partial charge in [0.1, 0.15) is 5.70 Å². The van der Waals surface area contributed by atoms with E-state index in [1.54, 1.807) is 5.01 Å². The Kier molecular flexibility index (Phi) is 3.23. The van der Waals surface area contributed by atoms with E-state index in [0.717, 1.165) is 16.3 Å². The molecule has 1 amide bonds. The smallest absolute Gasteiger partial charge is 0.276 e. The minimum Gasteiger partial charge on any atom is -0.351 e. The number of nitrogens with one attached hydrogen (secondary N) is 1. The van der Waals surface area contributed by atoms with Gasteiger partial charge in [0.05, 0.1) is 11.1 Å². The van der Waals surface area contributed by atoms with Gasteiger partial charge in [0.2, 0.25) is 0 Å². The van der Waals surface area contributed by atoms with Crippen LogP contribution < -0.4 is 15.9 Å². The first-order valence-corrected chi connectivity index (χ1v) is 8.43. The third-order valence-corrected chi connectivity index (χ3v) is 4.53. The van der Waals surface area contributed by atoms with E-state index in [2.05, 4.69) is 10.4 Å². The summed E-state index contributed by atoms with van der Waals surface area (Å²) in [4.78, 5) is 17.5. The maximum atomic E-state index is 12.6. The van der Waals surface area contributed by atoms with Gasteiger partial charge in [-0.25, -0.2) is 5.01 Å². The first-order chi connectivity index (χ1) is 11.2. The van der Waals surface area contributed by atoms with Crippen LogP contribution in [0.15, 0.2) is 52.7 Å². The summed E-state index contributed by atoms with van der Waals surface area (Å²) >= 11 is 1.40. The molecule has 0 spiro atoms. The molecule has 0 saturated carbocycles. The number of amides is 1. The number of thioether (sulfide) groups is 1. The zero-order valence-electron chi connectivity index (χ0n) is 12.7. The van der Waals surface area contributed by atoms with Crippen molar-refractivity contribution in [3.05, 3.63) is 58.9 Å². The van der Waals surface area contributed by atoms with Gasteiger partial charge in [0.25, 0.3) is 5.91 Å². The van der Waals surface area contributed by atoms with Crippen LogP contribution in [-0.4, -0.2) is 26.9 Å². The molecule has 1 aromatic carbocycles. The number of aromatic nitrogens is 1. The Hall–Kier alpha value is -2.54. The highest BCUT2D eigenvalue weighted by atomic mass is 32.2. The minimum atomic E-state index is -0.354. The van der Waals surface area contributed by atoms with Crippen LogP contribution in [0, 0.1) is 0 Å². The average Bonchev–Trinajstić information content (AvgIpc) is 2.99. The molecule has 0 radical (unpaired) electrons. The number of hydrogen-bond donors (Lipinski definition) is 1. The lowest BCUT2D eigenvalue weighted by Gasteiger charge is -2.33. The number of fused-ring (bicyclic) bond motifs is 2. The molecule has 2 aromatic rings. The molecular formula is C16H15N5OS. The van der Waals surface area contributed by atoms with Gasteiger partial charge >= 0.3 is 0 Å². The zero-order chi connectivity index (χ0) is 16.0. The van der Waals surface area contributed by atoms with E-state index in [1.165, 1.54) is 11.8 Å². The number of aryl methyl sites for hydroxylation is 1. The molecule has 6 nitrogen and oxygen atoms in total. The molecule has 1 N–H and O–H groups in total. The van der Waals surface area contributed by atoms with Crippen molar-refractivity contribution in [3.63, 3.8) is 0 Å². The van der Waals surface area contributed by atoms with Crippen LogP contribution >= 0.6 is 11.8 Å². The Labute approximate surface area is 137 Å². The van der Waals surface area contributed by atoms with E-state index >= 15 is 0 Å². The molecule has 2 aliphatic rings. The van der Waals surface area contributed by atoms with Crippen LogP contribution in [0.4, 0.5) is 0 Å². The van der Waals surface area contributed by atoms with Crippen molar-refractivity contribution in [2.75, 3.05) is 6.26 Å². The number of amidine groups is 1. The SMILES string of the molecule is CSC1=NN2C(=c3ccccc3=N[C@@H]2c2cccn2C)C(=O)N1. The van der Waals surface area contributed by atoms with Crippen molar-refractivity contribution in [3.8, 4) is 0 Å². The predicted molar refractivity (Wildman–Crippen MR) is 89.7 cm³/mol. The average molecular weight is 325 g/mol. The summed E-state index contributed by atoms with van der Waals surface area (Å²) in [5.74, 6) is -0.147. The number of carbonyl (C=O) groups excluding carboxylic acids is 1. The third kappa shape index (κ3) is 2.16. The molecule has 0 aliphatic carbocycles. The highest BCUT2D eigenvalue weighted by Crippen LogP contribution is 2.30. The molecule has 0 saturated heterocycles. The van der Waals surface area contributed by atoms with Crippen molar-refractivity contribution in [1.82, 2.24) is 14.9 Å². The van der Waals surface area contributed by atoms with E-state index in [-0.39, 0.29) is 12.1 Å². The van der Waals surface area contributed by atoms with Crippen LogP contribution in [0.3, 0.4) is 0 Å². The number of hydrogen-bond acceptors (Lipinski definition) is 5. The van der Waals surface area contributed by atoms with E-state index < -0.39 is 0 Å². The topological polar surface area (TPSA) is 62.0 Å². The molecule has 1 aromatic heterocycles. The van der Waals surface area contributed by atoms with Crippen molar-refractivity contribution < 1.29 is 4.79 Å². The Balaban J connectivity index is 2.02. The summed E-state index contributed by atoms with van der Waals surface area (Å²) in [5, 5.41) is 11.3. The van der Waals surface area contributed by atoms with E-state index in [1.807, 2.05) is 60.5 Å². The minimum absolute atomic E-state index is 0.147. The normalized spacial score (nSPS) is 19.5. The summed E-state index contributed by atoms with van der Waals surface area (Å²) in [5.41, 5.74) is 1.52. The van der Waals surface area contributed by atoms with Crippen LogP contribution in [0.25, 0.3) is 5.70 Å². The van der Waals surface area contributed by atoms with E-state index in [0.29, 0.717) is 10.9 Å². The van der Waals surface area contributed by atoms with Crippen LogP contribution in [0.5, 0.6) is 0 Å². The fraction of sp³-hybridized carbons (Fsp3) is 0.188. The number of para-hydroxylation sites is 1. The summed E-state index contributed by atoms with van der Waals surface area (Å²) in [6.45, 7) is 0. The molecule has 7 heteroatoms. The van der Waals surface area contributed by atoms with Gasteiger partial charge in [-0.15, -0.1) is 5.10 Å². The lowest BCUT2D eigenvalue weighted by molar-refractivity contribution is -0.116. The maximum absolute atomic E-state index is 12.6. The number of nitrogens with zero attached hydrogens (tertiary/aromatic N) is 4. The largest absolute Gasteiger partial charge is 0.351 e. The Bertz CT molecular complexity index is 945. The van der Waals surface area contributed by atoms with Gasteiger partial charge in [-0.1, -0.05) is 30.0 Å². The number of benzene rings is 1. The molecule has 0 unspecified atom stereocenters. The molecule has 23 heavy (non-hydrogen) atoms. The van der Waals surface area contributed by atoms with E-state index in [9.17, 15) is 4.79 Å². The standard InChI is InChI=1S/C16H15N5OS/c1-20-9-5-8-12(20)14-17-11-7-4-3-6-10(11)13-15(22)18-16(23-2)19-21(13)14/h3-9,14H,1-2H3,(H,18,19,22)/t14-/m0/s1. The molecule has 1 atom stereocenters. The molecule has 2 aliphatic heterocycles. The summed E-state index contributed by atoms with van der Waals surface area (Å²) in [7, 11) is 1.97. The van der Waals surface area contributed by atoms with Crippen molar-refractivity contribution in [2.24, 2.45) is 17.1 Å². The molecule has 4 rings (SSSR count). The first kappa shape index (κ1) is 14.1. The third-order valence-electron chi connectivity index (χ3n) is 3.96. The van der Waals surface area contributed by atoms with Crippen LogP contribution in [0.1, 0.15) is 11.9 Å². The second-order valence-electron chi connectivity index (χ2n) is 5.32. The van der Waals surface area contributed by atoms with Crippen molar-refractivity contribution in [1.29, 1.82) is 0 Å². The monoisotopic (exact) mass is 325 g/mol. The molecule has 116 valence electrons. The zero-order valence-corrected chi connectivity index (χ0v) is 13.5. The predicted octanol–water partition coefficient (Wildman–Crippen LogP) is 0.531. The quantitative estimate of drug-likeness (QED) is 0.832. The number of carbonyl (C=O) groups is 1. The summed E-state index contributed by atoms with van der Waals surface area (Å²) < 4.78 is 2.00. The summed E-state index contributed by atoms with van der Waals surface area (Å²) in [6.07, 6.45) is 3.50. The first-order valence-electron chi connectivity index (χ1n) is 7.20.